The number of para-hydroxylation sites is 4. The highest BCUT2D eigenvalue weighted by Crippen LogP contribution is 2.50. The molecule has 8 aromatic rings. The van der Waals surface area contributed by atoms with Gasteiger partial charge in [-0.05, 0) is 59.3 Å². The van der Waals surface area contributed by atoms with E-state index in [4.69, 9.17) is 4.99 Å². The van der Waals surface area contributed by atoms with Gasteiger partial charge < -0.3 is 14.5 Å². The molecule has 1 atom stereocenters. The van der Waals surface area contributed by atoms with Crippen LogP contribution in [0.4, 0.5) is 11.4 Å². The average Bonchev–Trinajstić information content (AvgIpc) is 3.64. The summed E-state index contributed by atoms with van der Waals surface area (Å²) in [4.78, 5) is 5.22. The molecule has 0 aliphatic carbocycles. The summed E-state index contributed by atoms with van der Waals surface area (Å²) in [6, 6.07) is 43.7. The van der Waals surface area contributed by atoms with E-state index < -0.39 is 0 Å². The van der Waals surface area contributed by atoms with Crippen molar-refractivity contribution < 1.29 is 0 Å². The monoisotopic (exact) mass is 510 g/mol. The first-order chi connectivity index (χ1) is 19.9. The summed E-state index contributed by atoms with van der Waals surface area (Å²) < 4.78 is 4.91. The predicted molar refractivity (Wildman–Crippen MR) is 167 cm³/mol. The molecule has 0 radical (unpaired) electrons. The number of rotatable bonds is 1. The zero-order valence-electron chi connectivity index (χ0n) is 21.5. The third kappa shape index (κ3) is 2.40. The zero-order valence-corrected chi connectivity index (χ0v) is 21.5. The van der Waals surface area contributed by atoms with Gasteiger partial charge in [0, 0.05) is 32.8 Å². The summed E-state index contributed by atoms with van der Waals surface area (Å²) >= 11 is 0. The van der Waals surface area contributed by atoms with Gasteiger partial charge in [0.2, 0.25) is 0 Å². The molecule has 1 N–H and O–H groups in total. The first-order valence-electron chi connectivity index (χ1n) is 13.8. The van der Waals surface area contributed by atoms with Crippen molar-refractivity contribution in [1.82, 2.24) is 9.13 Å². The van der Waals surface area contributed by atoms with Gasteiger partial charge in [-0.1, -0.05) is 72.8 Å². The lowest BCUT2D eigenvalue weighted by Gasteiger charge is -2.25. The molecule has 2 aromatic heterocycles. The van der Waals surface area contributed by atoms with Crippen LogP contribution in [0.3, 0.4) is 0 Å². The molecular formula is C36H22N4. The van der Waals surface area contributed by atoms with Gasteiger partial charge in [-0.2, -0.15) is 0 Å². The summed E-state index contributed by atoms with van der Waals surface area (Å²) in [6.45, 7) is 0. The molecule has 0 spiro atoms. The number of benzene rings is 6. The van der Waals surface area contributed by atoms with E-state index in [2.05, 4.69) is 136 Å². The van der Waals surface area contributed by atoms with Crippen LogP contribution in [-0.4, -0.2) is 14.8 Å². The molecule has 0 saturated heterocycles. The summed E-state index contributed by atoms with van der Waals surface area (Å²) in [6.07, 6.45) is -0.0540. The van der Waals surface area contributed by atoms with Gasteiger partial charge in [0.25, 0.3) is 0 Å². The third-order valence-corrected chi connectivity index (χ3v) is 8.83. The van der Waals surface area contributed by atoms with Crippen molar-refractivity contribution in [1.29, 1.82) is 0 Å². The molecule has 186 valence electrons. The quantitative estimate of drug-likeness (QED) is 0.235. The number of anilines is 1. The van der Waals surface area contributed by atoms with Crippen LogP contribution in [0.15, 0.2) is 126 Å². The van der Waals surface area contributed by atoms with Crippen molar-refractivity contribution in [3.8, 4) is 5.69 Å². The van der Waals surface area contributed by atoms with Gasteiger partial charge in [0.15, 0.2) is 0 Å². The Morgan fingerprint density at radius 2 is 1.35 bits per heavy atom. The van der Waals surface area contributed by atoms with Crippen LogP contribution < -0.4 is 5.32 Å². The summed E-state index contributed by atoms with van der Waals surface area (Å²) in [5.74, 6) is 0. The van der Waals surface area contributed by atoms with Crippen molar-refractivity contribution in [2.45, 2.75) is 6.17 Å². The number of aliphatic imine (C=N–C) groups is 1. The highest BCUT2D eigenvalue weighted by molar-refractivity contribution is 6.37. The van der Waals surface area contributed by atoms with Crippen molar-refractivity contribution >= 4 is 71.5 Å². The molecule has 40 heavy (non-hydrogen) atoms. The molecule has 4 heteroatoms. The Hall–Kier alpha value is -5.35. The van der Waals surface area contributed by atoms with E-state index in [1.165, 1.54) is 65.6 Å². The first kappa shape index (κ1) is 20.6. The molecule has 0 amide bonds. The Morgan fingerprint density at radius 1 is 0.600 bits per heavy atom. The van der Waals surface area contributed by atoms with Crippen molar-refractivity contribution in [2.24, 2.45) is 4.99 Å². The molecule has 4 heterocycles. The molecule has 0 saturated carbocycles. The lowest BCUT2D eigenvalue weighted by atomic mass is 9.96. The van der Waals surface area contributed by atoms with Gasteiger partial charge in [-0.3, -0.25) is 0 Å². The Balaban J connectivity index is 1.45. The second-order valence-corrected chi connectivity index (χ2v) is 10.8. The molecule has 0 fully saturated rings. The Morgan fingerprint density at radius 3 is 2.27 bits per heavy atom. The summed E-state index contributed by atoms with van der Waals surface area (Å²) in [5, 5.41) is 11.6. The molecule has 4 nitrogen and oxygen atoms in total. The van der Waals surface area contributed by atoms with E-state index in [1.807, 2.05) is 0 Å². The van der Waals surface area contributed by atoms with E-state index in [0.29, 0.717) is 0 Å². The smallest absolute Gasteiger partial charge is 0.148 e. The molecule has 2 aliphatic rings. The average molecular weight is 511 g/mol. The maximum Gasteiger partial charge on any atom is 0.148 e. The Bertz CT molecular complexity index is 2410. The second kappa shape index (κ2) is 7.19. The van der Waals surface area contributed by atoms with Gasteiger partial charge in [-0.15, -0.1) is 0 Å². The topological polar surface area (TPSA) is 34.2 Å². The van der Waals surface area contributed by atoms with Crippen LogP contribution >= 0.6 is 0 Å². The standard InChI is InChI=1S/C36H22N4/c1-2-11-22(12-3-1)39-28-17-9-6-14-24(28)31-29(39)18-19-30-33(31)32-23-13-5-4-10-21(23)20-25-34-36(40(30)35(25)32)38-27-16-8-7-15-26(27)37-34/h1-20,36,38H. The van der Waals surface area contributed by atoms with Crippen molar-refractivity contribution in [3.63, 3.8) is 0 Å². The fraction of sp³-hybridized carbons (Fsp3) is 0.0278. The summed E-state index contributed by atoms with van der Waals surface area (Å²) in [7, 11) is 0. The van der Waals surface area contributed by atoms with E-state index in [1.54, 1.807) is 0 Å². The van der Waals surface area contributed by atoms with Gasteiger partial charge in [0.05, 0.1) is 39.2 Å². The molecule has 0 bridgehead atoms. The van der Waals surface area contributed by atoms with Gasteiger partial charge >= 0.3 is 0 Å². The largest absolute Gasteiger partial charge is 0.358 e. The van der Waals surface area contributed by atoms with Crippen molar-refractivity contribution in [3.05, 3.63) is 127 Å². The minimum Gasteiger partial charge on any atom is -0.358 e. The fourth-order valence-corrected chi connectivity index (χ4v) is 7.28. The Labute approximate surface area is 229 Å². The number of aromatic nitrogens is 2. The lowest BCUT2D eigenvalue weighted by molar-refractivity contribution is 0.779. The molecular weight excluding hydrogens is 488 g/mol. The van der Waals surface area contributed by atoms with Crippen LogP contribution in [0, 0.1) is 0 Å². The first-order valence-corrected chi connectivity index (χ1v) is 13.8. The highest BCUT2D eigenvalue weighted by Gasteiger charge is 2.37. The molecule has 2 aliphatic heterocycles. The maximum atomic E-state index is 5.22. The fourth-order valence-electron chi connectivity index (χ4n) is 7.28. The number of fused-ring (bicyclic) bond motifs is 13. The third-order valence-electron chi connectivity index (χ3n) is 8.83. The molecule has 1 unspecified atom stereocenters. The van der Waals surface area contributed by atoms with E-state index in [9.17, 15) is 0 Å². The van der Waals surface area contributed by atoms with Crippen molar-refractivity contribution in [2.75, 3.05) is 5.32 Å². The normalized spacial score (nSPS) is 15.6. The molecule has 6 aromatic carbocycles. The minimum absolute atomic E-state index is 0.0540. The van der Waals surface area contributed by atoms with Crippen LogP contribution in [0.5, 0.6) is 0 Å². The SMILES string of the molecule is c1ccc(-n2c3ccccc3c3c4c5c6ccccc6cc6c5n(c4ccc32)C2Nc3ccccc3N=C62)cc1. The maximum absolute atomic E-state index is 5.22. The predicted octanol–water partition coefficient (Wildman–Crippen LogP) is 9.10. The van der Waals surface area contributed by atoms with Gasteiger partial charge in [-0.25, -0.2) is 4.99 Å². The van der Waals surface area contributed by atoms with E-state index in [-0.39, 0.29) is 6.17 Å². The van der Waals surface area contributed by atoms with E-state index in [0.717, 1.165) is 17.1 Å². The summed E-state index contributed by atoms with van der Waals surface area (Å²) in [5.41, 5.74) is 10.5. The van der Waals surface area contributed by atoms with Crippen LogP contribution in [0.1, 0.15) is 11.7 Å². The number of hydrogen-bond donors (Lipinski definition) is 1. The highest BCUT2D eigenvalue weighted by atomic mass is 15.2. The molecule has 10 rings (SSSR count). The van der Waals surface area contributed by atoms with Crippen LogP contribution in [0.2, 0.25) is 0 Å². The number of nitrogens with one attached hydrogen (secondary N) is 1. The number of hydrogen-bond acceptors (Lipinski definition) is 2. The van der Waals surface area contributed by atoms with Gasteiger partial charge in [0.1, 0.15) is 6.17 Å². The minimum atomic E-state index is -0.0540. The van der Waals surface area contributed by atoms with E-state index >= 15 is 0 Å². The second-order valence-electron chi connectivity index (χ2n) is 10.8. The zero-order chi connectivity index (χ0) is 25.9. The van der Waals surface area contributed by atoms with Crippen LogP contribution in [-0.2, 0) is 0 Å². The van der Waals surface area contributed by atoms with Crippen LogP contribution in [0.25, 0.3) is 60.1 Å². The lowest BCUT2D eigenvalue weighted by Crippen LogP contribution is -2.24. The Kier molecular flexibility index (Phi) is 3.70. The number of nitrogens with zero attached hydrogens (tertiary/aromatic N) is 3.